The van der Waals surface area contributed by atoms with Gasteiger partial charge in [-0.25, -0.2) is 0 Å². The molecule has 1 unspecified atom stereocenters. The highest BCUT2D eigenvalue weighted by Crippen LogP contribution is 2.40. The third-order valence-electron chi connectivity index (χ3n) is 2.91. The molecule has 0 saturated carbocycles. The van der Waals surface area contributed by atoms with Gasteiger partial charge in [0.25, 0.3) is 0 Å². The van der Waals surface area contributed by atoms with Crippen molar-refractivity contribution in [3.05, 3.63) is 28.8 Å². The molecular weight excluding hydrogens is 210 g/mol. The molecule has 2 N–H and O–H groups in total. The van der Waals surface area contributed by atoms with Gasteiger partial charge in [-0.05, 0) is 38.0 Å². The zero-order chi connectivity index (χ0) is 11.1. The molecular formula is C12H16ClNO. The number of benzene rings is 1. The highest BCUT2D eigenvalue weighted by atomic mass is 35.5. The molecule has 0 saturated heterocycles. The molecule has 3 heteroatoms. The zero-order valence-electron chi connectivity index (χ0n) is 9.09. The van der Waals surface area contributed by atoms with E-state index in [1.807, 2.05) is 18.2 Å². The summed E-state index contributed by atoms with van der Waals surface area (Å²) in [5, 5.41) is 0.712. The summed E-state index contributed by atoms with van der Waals surface area (Å²) in [7, 11) is 0. The van der Waals surface area contributed by atoms with Gasteiger partial charge >= 0.3 is 0 Å². The molecule has 1 aromatic rings. The fourth-order valence-corrected chi connectivity index (χ4v) is 2.30. The Labute approximate surface area is 95.4 Å². The van der Waals surface area contributed by atoms with Crippen LogP contribution in [-0.4, -0.2) is 12.1 Å². The summed E-state index contributed by atoms with van der Waals surface area (Å²) in [5.41, 5.74) is 7.14. The van der Waals surface area contributed by atoms with Crippen LogP contribution in [0.5, 0.6) is 5.75 Å². The van der Waals surface area contributed by atoms with Crippen LogP contribution in [0.3, 0.4) is 0 Å². The quantitative estimate of drug-likeness (QED) is 0.798. The van der Waals surface area contributed by atoms with Crippen molar-refractivity contribution in [1.29, 1.82) is 0 Å². The lowest BCUT2D eigenvalue weighted by Crippen LogP contribution is -2.41. The fourth-order valence-electron chi connectivity index (χ4n) is 2.14. The van der Waals surface area contributed by atoms with Crippen LogP contribution in [0.2, 0.25) is 5.02 Å². The first-order valence-corrected chi connectivity index (χ1v) is 5.57. The van der Waals surface area contributed by atoms with E-state index in [4.69, 9.17) is 22.1 Å². The van der Waals surface area contributed by atoms with E-state index in [9.17, 15) is 0 Å². The lowest BCUT2D eigenvalue weighted by molar-refractivity contribution is 0.233. The van der Waals surface area contributed by atoms with Crippen molar-refractivity contribution in [2.45, 2.75) is 31.7 Å². The summed E-state index contributed by atoms with van der Waals surface area (Å²) < 4.78 is 5.59. The third kappa shape index (κ3) is 2.11. The Balaban J connectivity index is 2.43. The van der Waals surface area contributed by atoms with Crippen molar-refractivity contribution in [3.8, 4) is 5.75 Å². The number of fused-ring (bicyclic) bond motifs is 1. The van der Waals surface area contributed by atoms with Gasteiger partial charge in [0.1, 0.15) is 5.75 Å². The van der Waals surface area contributed by atoms with Crippen molar-refractivity contribution >= 4 is 11.6 Å². The maximum absolute atomic E-state index is 6.17. The van der Waals surface area contributed by atoms with Gasteiger partial charge < -0.3 is 10.5 Å². The van der Waals surface area contributed by atoms with Gasteiger partial charge in [-0.1, -0.05) is 17.7 Å². The second kappa shape index (κ2) is 3.69. The van der Waals surface area contributed by atoms with Gasteiger partial charge in [-0.3, -0.25) is 0 Å². The Kier molecular flexibility index (Phi) is 2.65. The Morgan fingerprint density at radius 3 is 2.87 bits per heavy atom. The molecule has 1 atom stereocenters. The number of halogens is 1. The summed E-state index contributed by atoms with van der Waals surface area (Å²) in [6.45, 7) is 4.83. The topological polar surface area (TPSA) is 35.2 Å². The summed E-state index contributed by atoms with van der Waals surface area (Å²) in [6, 6.07) is 5.79. The maximum Gasteiger partial charge on any atom is 0.124 e. The number of nitrogens with two attached hydrogens (primary N) is 1. The van der Waals surface area contributed by atoms with Crippen LogP contribution in [0.15, 0.2) is 18.2 Å². The smallest absolute Gasteiger partial charge is 0.124 e. The van der Waals surface area contributed by atoms with Crippen molar-refractivity contribution in [3.63, 3.8) is 0 Å². The van der Waals surface area contributed by atoms with Crippen LogP contribution >= 0.6 is 11.6 Å². The first kappa shape index (κ1) is 10.8. The van der Waals surface area contributed by atoms with Gasteiger partial charge in [0.2, 0.25) is 0 Å². The molecule has 15 heavy (non-hydrogen) atoms. The zero-order valence-corrected chi connectivity index (χ0v) is 9.84. The predicted molar refractivity (Wildman–Crippen MR) is 62.6 cm³/mol. The van der Waals surface area contributed by atoms with Crippen LogP contribution < -0.4 is 10.5 Å². The van der Waals surface area contributed by atoms with Gasteiger partial charge in [0, 0.05) is 16.5 Å². The lowest BCUT2D eigenvalue weighted by atomic mass is 9.79. The van der Waals surface area contributed by atoms with Gasteiger partial charge in [-0.2, -0.15) is 0 Å². The van der Waals surface area contributed by atoms with E-state index in [0.717, 1.165) is 18.8 Å². The highest BCUT2D eigenvalue weighted by Gasteiger charge is 2.31. The van der Waals surface area contributed by atoms with Crippen LogP contribution in [0.1, 0.15) is 31.7 Å². The summed E-state index contributed by atoms with van der Waals surface area (Å²) in [6.07, 6.45) is 0.970. The van der Waals surface area contributed by atoms with E-state index in [0.29, 0.717) is 10.9 Å². The summed E-state index contributed by atoms with van der Waals surface area (Å²) in [4.78, 5) is 0. The third-order valence-corrected chi connectivity index (χ3v) is 3.15. The van der Waals surface area contributed by atoms with Gasteiger partial charge in [-0.15, -0.1) is 0 Å². The Morgan fingerprint density at radius 1 is 1.47 bits per heavy atom. The molecule has 82 valence electrons. The van der Waals surface area contributed by atoms with Crippen LogP contribution in [-0.2, 0) is 0 Å². The molecule has 2 rings (SSSR count). The molecule has 1 aromatic carbocycles. The second-order valence-electron chi connectivity index (χ2n) is 4.69. The number of hydrogen-bond donors (Lipinski definition) is 1. The molecule has 0 radical (unpaired) electrons. The minimum atomic E-state index is -0.216. The minimum Gasteiger partial charge on any atom is -0.493 e. The average molecular weight is 226 g/mol. The average Bonchev–Trinajstić information content (AvgIpc) is 2.15. The Morgan fingerprint density at radius 2 is 2.20 bits per heavy atom. The SMILES string of the molecule is CC(C)(N)C1CCOc2cc(Cl)ccc21. The molecule has 0 aromatic heterocycles. The number of rotatable bonds is 1. The minimum absolute atomic E-state index is 0.216. The first-order valence-electron chi connectivity index (χ1n) is 5.19. The molecule has 0 aliphatic carbocycles. The van der Waals surface area contributed by atoms with E-state index >= 15 is 0 Å². The fraction of sp³-hybridized carbons (Fsp3) is 0.500. The van der Waals surface area contributed by atoms with Crippen LogP contribution in [0.25, 0.3) is 0 Å². The van der Waals surface area contributed by atoms with Crippen LogP contribution in [0, 0.1) is 0 Å². The number of hydrogen-bond acceptors (Lipinski definition) is 2. The van der Waals surface area contributed by atoms with Crippen molar-refractivity contribution < 1.29 is 4.74 Å². The molecule has 1 heterocycles. The molecule has 0 spiro atoms. The van der Waals surface area contributed by atoms with Gasteiger partial charge in [0.15, 0.2) is 0 Å². The summed E-state index contributed by atoms with van der Waals surface area (Å²) in [5.74, 6) is 1.23. The highest BCUT2D eigenvalue weighted by molar-refractivity contribution is 6.30. The molecule has 0 bridgehead atoms. The van der Waals surface area contributed by atoms with E-state index < -0.39 is 0 Å². The number of ether oxygens (including phenoxy) is 1. The first-order chi connectivity index (χ1) is 6.98. The molecule has 0 fully saturated rings. The molecule has 1 aliphatic heterocycles. The summed E-state index contributed by atoms with van der Waals surface area (Å²) >= 11 is 5.93. The van der Waals surface area contributed by atoms with E-state index in [1.54, 1.807) is 0 Å². The standard InChI is InChI=1S/C12H16ClNO/c1-12(2,14)10-5-6-15-11-7-8(13)3-4-9(10)11/h3-4,7,10H,5-6,14H2,1-2H3. The monoisotopic (exact) mass is 225 g/mol. The predicted octanol–water partition coefficient (Wildman–Crippen LogP) is 2.94. The van der Waals surface area contributed by atoms with Crippen molar-refractivity contribution in [1.82, 2.24) is 0 Å². The van der Waals surface area contributed by atoms with E-state index in [1.165, 1.54) is 5.56 Å². The Bertz CT molecular complexity index is 370. The second-order valence-corrected chi connectivity index (χ2v) is 5.13. The molecule has 0 amide bonds. The largest absolute Gasteiger partial charge is 0.493 e. The van der Waals surface area contributed by atoms with Crippen molar-refractivity contribution in [2.75, 3.05) is 6.61 Å². The maximum atomic E-state index is 6.17. The normalized spacial score (nSPS) is 20.7. The molecule has 2 nitrogen and oxygen atoms in total. The Hall–Kier alpha value is -0.730. The molecule has 1 aliphatic rings. The van der Waals surface area contributed by atoms with Crippen LogP contribution in [0.4, 0.5) is 0 Å². The lowest BCUT2D eigenvalue weighted by Gasteiger charge is -2.35. The van der Waals surface area contributed by atoms with E-state index in [-0.39, 0.29) is 5.54 Å². The van der Waals surface area contributed by atoms with Crippen molar-refractivity contribution in [2.24, 2.45) is 5.73 Å². The van der Waals surface area contributed by atoms with Gasteiger partial charge in [0.05, 0.1) is 6.61 Å². The van der Waals surface area contributed by atoms with E-state index in [2.05, 4.69) is 13.8 Å².